The van der Waals surface area contributed by atoms with Crippen LogP contribution >= 0.6 is 9.24 Å². The molecule has 1 aromatic carbocycles. The minimum absolute atomic E-state index is 0.773. The summed E-state index contributed by atoms with van der Waals surface area (Å²) in [6.07, 6.45) is 6.23. The first kappa shape index (κ1) is 15.5. The van der Waals surface area contributed by atoms with Crippen molar-refractivity contribution in [3.8, 4) is 5.75 Å². The largest absolute Gasteiger partial charge is 0.409 e. The van der Waals surface area contributed by atoms with Gasteiger partial charge in [-0.1, -0.05) is 51.7 Å². The first-order valence-electron chi connectivity index (χ1n) is 6.93. The van der Waals surface area contributed by atoms with Crippen molar-refractivity contribution in [2.45, 2.75) is 46.0 Å². The summed E-state index contributed by atoms with van der Waals surface area (Å²) >= 11 is 0. The molecule has 2 nitrogen and oxygen atoms in total. The van der Waals surface area contributed by atoms with Gasteiger partial charge in [0.2, 0.25) is 0 Å². The number of hydrogen-bond acceptors (Lipinski definition) is 2. The van der Waals surface area contributed by atoms with Crippen molar-refractivity contribution >= 4 is 14.5 Å². The molecule has 3 heteroatoms. The van der Waals surface area contributed by atoms with Gasteiger partial charge in [-0.05, 0) is 29.3 Å². The number of benzene rings is 1. The molecule has 1 unspecified atom stereocenters. The van der Waals surface area contributed by atoms with E-state index >= 15 is 0 Å². The maximum absolute atomic E-state index is 5.51. The highest BCUT2D eigenvalue weighted by Crippen LogP contribution is 2.25. The van der Waals surface area contributed by atoms with Crippen LogP contribution in [0.5, 0.6) is 5.75 Å². The molecule has 0 amide bonds. The highest BCUT2D eigenvalue weighted by Gasteiger charge is 2.12. The third-order valence-corrected chi connectivity index (χ3v) is 3.56. The van der Waals surface area contributed by atoms with Gasteiger partial charge in [-0.2, -0.15) is 5.48 Å². The zero-order chi connectivity index (χ0) is 13.4. The summed E-state index contributed by atoms with van der Waals surface area (Å²) in [4.78, 5) is 5.51. The van der Waals surface area contributed by atoms with Crippen LogP contribution in [0.3, 0.4) is 0 Å². The molecule has 0 aliphatic heterocycles. The van der Waals surface area contributed by atoms with E-state index in [1.165, 1.54) is 31.2 Å². The van der Waals surface area contributed by atoms with Gasteiger partial charge in [-0.15, -0.1) is 9.24 Å². The van der Waals surface area contributed by atoms with E-state index in [1.54, 1.807) is 7.05 Å². The number of hydroxylamine groups is 1. The van der Waals surface area contributed by atoms with Gasteiger partial charge in [0, 0.05) is 7.05 Å². The summed E-state index contributed by atoms with van der Waals surface area (Å²) in [7, 11) is 4.52. The third kappa shape index (κ3) is 4.96. The van der Waals surface area contributed by atoms with Gasteiger partial charge in [0.05, 0.1) is 0 Å². The van der Waals surface area contributed by atoms with E-state index in [9.17, 15) is 0 Å². The second kappa shape index (κ2) is 8.50. The second-order valence-electron chi connectivity index (χ2n) is 4.82. The average molecular weight is 267 g/mol. The SMILES string of the molecule is CCCC(CCC)Cc1ccc(P)cc1ONC. The molecule has 0 bridgehead atoms. The van der Waals surface area contributed by atoms with Crippen molar-refractivity contribution < 1.29 is 4.84 Å². The molecular weight excluding hydrogens is 241 g/mol. The maximum Gasteiger partial charge on any atom is 0.150 e. The molecule has 0 aliphatic carbocycles. The van der Waals surface area contributed by atoms with E-state index in [0.29, 0.717) is 0 Å². The molecule has 1 N–H and O–H groups in total. The van der Waals surface area contributed by atoms with Crippen molar-refractivity contribution in [1.29, 1.82) is 0 Å². The van der Waals surface area contributed by atoms with Crippen LogP contribution in [-0.2, 0) is 6.42 Å². The molecular formula is C15H26NOP. The van der Waals surface area contributed by atoms with E-state index in [0.717, 1.165) is 23.4 Å². The zero-order valence-electron chi connectivity index (χ0n) is 11.8. The molecule has 1 aromatic rings. The van der Waals surface area contributed by atoms with Crippen LogP contribution in [0.2, 0.25) is 0 Å². The van der Waals surface area contributed by atoms with Crippen molar-refractivity contribution in [3.05, 3.63) is 23.8 Å². The van der Waals surface area contributed by atoms with Gasteiger partial charge in [0.25, 0.3) is 0 Å². The predicted molar refractivity (Wildman–Crippen MR) is 82.5 cm³/mol. The van der Waals surface area contributed by atoms with E-state index in [2.05, 4.69) is 46.8 Å². The standard InChI is InChI=1S/C15H26NOP/c1-4-6-12(7-5-2)10-13-8-9-14(18)11-15(13)17-16-3/h8-9,11-12,16H,4-7,10,18H2,1-3H3. The lowest BCUT2D eigenvalue weighted by Gasteiger charge is -2.17. The summed E-state index contributed by atoms with van der Waals surface area (Å²) in [6.45, 7) is 4.53. The highest BCUT2D eigenvalue weighted by atomic mass is 31.0. The fourth-order valence-electron chi connectivity index (χ4n) is 2.42. The van der Waals surface area contributed by atoms with Crippen LogP contribution in [0.15, 0.2) is 18.2 Å². The average Bonchev–Trinajstić information content (AvgIpc) is 2.33. The summed E-state index contributed by atoms with van der Waals surface area (Å²) in [5, 5.41) is 1.16. The Labute approximate surface area is 114 Å². The molecule has 0 saturated carbocycles. The molecule has 0 heterocycles. The van der Waals surface area contributed by atoms with Gasteiger partial charge in [-0.3, -0.25) is 0 Å². The Morgan fingerprint density at radius 3 is 2.44 bits per heavy atom. The predicted octanol–water partition coefficient (Wildman–Crippen LogP) is 3.46. The summed E-state index contributed by atoms with van der Waals surface area (Å²) in [5.74, 6) is 1.73. The van der Waals surface area contributed by atoms with Crippen molar-refractivity contribution in [2.75, 3.05) is 7.05 Å². The summed E-state index contributed by atoms with van der Waals surface area (Å²) < 4.78 is 0. The van der Waals surface area contributed by atoms with Gasteiger partial charge >= 0.3 is 0 Å². The Bertz CT molecular complexity index is 348. The molecule has 0 aliphatic rings. The lowest BCUT2D eigenvalue weighted by molar-refractivity contribution is 0.220. The molecule has 102 valence electrons. The molecule has 0 radical (unpaired) electrons. The van der Waals surface area contributed by atoms with Gasteiger partial charge < -0.3 is 4.84 Å². The van der Waals surface area contributed by atoms with Gasteiger partial charge in [0.1, 0.15) is 0 Å². The van der Waals surface area contributed by atoms with Crippen LogP contribution in [0, 0.1) is 5.92 Å². The Balaban J connectivity index is 2.79. The van der Waals surface area contributed by atoms with Crippen LogP contribution in [-0.4, -0.2) is 7.05 Å². The van der Waals surface area contributed by atoms with E-state index in [-0.39, 0.29) is 0 Å². The van der Waals surface area contributed by atoms with E-state index in [4.69, 9.17) is 4.84 Å². The first-order chi connectivity index (χ1) is 8.71. The highest BCUT2D eigenvalue weighted by molar-refractivity contribution is 7.27. The molecule has 1 atom stereocenters. The quantitative estimate of drug-likeness (QED) is 0.575. The fraction of sp³-hybridized carbons (Fsp3) is 0.600. The Morgan fingerprint density at radius 2 is 1.89 bits per heavy atom. The monoisotopic (exact) mass is 267 g/mol. The third-order valence-electron chi connectivity index (χ3n) is 3.21. The molecule has 0 saturated heterocycles. The van der Waals surface area contributed by atoms with Crippen molar-refractivity contribution in [1.82, 2.24) is 5.48 Å². The Hall–Kier alpha value is -0.590. The van der Waals surface area contributed by atoms with Crippen molar-refractivity contribution in [2.24, 2.45) is 5.92 Å². The molecule has 0 fully saturated rings. The first-order valence-corrected chi connectivity index (χ1v) is 7.50. The minimum atomic E-state index is 0.773. The topological polar surface area (TPSA) is 21.3 Å². The summed E-state index contributed by atoms with van der Waals surface area (Å²) in [6, 6.07) is 6.40. The smallest absolute Gasteiger partial charge is 0.150 e. The van der Waals surface area contributed by atoms with Gasteiger partial charge in [-0.25, -0.2) is 0 Å². The van der Waals surface area contributed by atoms with Crippen LogP contribution in [0.25, 0.3) is 0 Å². The van der Waals surface area contributed by atoms with E-state index in [1.807, 2.05) is 0 Å². The van der Waals surface area contributed by atoms with Crippen LogP contribution < -0.4 is 15.6 Å². The molecule has 18 heavy (non-hydrogen) atoms. The lowest BCUT2D eigenvalue weighted by Crippen LogP contribution is -2.15. The minimum Gasteiger partial charge on any atom is -0.409 e. The number of hydrogen-bond donors (Lipinski definition) is 1. The second-order valence-corrected chi connectivity index (χ2v) is 5.49. The normalized spacial score (nSPS) is 10.9. The van der Waals surface area contributed by atoms with Gasteiger partial charge in [0.15, 0.2) is 5.75 Å². The van der Waals surface area contributed by atoms with Crippen LogP contribution in [0.4, 0.5) is 0 Å². The summed E-state index contributed by atoms with van der Waals surface area (Å²) in [5.41, 5.74) is 4.09. The van der Waals surface area contributed by atoms with E-state index < -0.39 is 0 Å². The molecule has 0 aromatic heterocycles. The Kier molecular flexibility index (Phi) is 7.31. The molecule has 1 rings (SSSR count). The fourth-order valence-corrected chi connectivity index (χ4v) is 2.67. The zero-order valence-corrected chi connectivity index (χ0v) is 13.0. The van der Waals surface area contributed by atoms with Crippen molar-refractivity contribution in [3.63, 3.8) is 0 Å². The lowest BCUT2D eigenvalue weighted by atomic mass is 9.91. The number of rotatable bonds is 8. The maximum atomic E-state index is 5.51. The van der Waals surface area contributed by atoms with Crippen LogP contribution in [0.1, 0.15) is 45.1 Å². The molecule has 0 spiro atoms. The number of nitrogens with one attached hydrogen (secondary N) is 1. The Morgan fingerprint density at radius 1 is 1.22 bits per heavy atom.